The zero-order valence-corrected chi connectivity index (χ0v) is 16.4. The largest absolute Gasteiger partial charge is 0.354 e. The summed E-state index contributed by atoms with van der Waals surface area (Å²) in [6.45, 7) is 3.32. The van der Waals surface area contributed by atoms with Crippen LogP contribution in [-0.4, -0.2) is 33.6 Å². The maximum absolute atomic E-state index is 13.9. The van der Waals surface area contributed by atoms with Crippen molar-refractivity contribution in [2.45, 2.75) is 26.8 Å². The van der Waals surface area contributed by atoms with Crippen LogP contribution in [0.5, 0.6) is 0 Å². The number of aromatic nitrogens is 2. The maximum atomic E-state index is 13.9. The van der Waals surface area contributed by atoms with Crippen LogP contribution in [0.1, 0.15) is 40.5 Å². The molecule has 3 rings (SSSR count). The molecule has 0 atom stereocenters. The summed E-state index contributed by atoms with van der Waals surface area (Å²) in [6.07, 6.45) is 0.492. The lowest BCUT2D eigenvalue weighted by Gasteiger charge is -2.11. The normalized spacial score (nSPS) is 10.9. The summed E-state index contributed by atoms with van der Waals surface area (Å²) in [6, 6.07) is 6.00. The molecule has 2 N–H and O–H groups in total. The van der Waals surface area contributed by atoms with Crippen molar-refractivity contribution in [1.29, 1.82) is 0 Å². The molecule has 9 heteroatoms. The Morgan fingerprint density at radius 2 is 2.00 bits per heavy atom. The average molecular weight is 402 g/mol. The van der Waals surface area contributed by atoms with Crippen molar-refractivity contribution in [3.8, 4) is 0 Å². The Morgan fingerprint density at radius 3 is 2.64 bits per heavy atom. The monoisotopic (exact) mass is 402 g/mol. The van der Waals surface area contributed by atoms with Gasteiger partial charge in [-0.1, -0.05) is 19.1 Å². The first-order valence-electron chi connectivity index (χ1n) is 8.66. The fourth-order valence-corrected chi connectivity index (χ4v) is 3.85. The summed E-state index contributed by atoms with van der Waals surface area (Å²) in [5.74, 6) is -1.42. The fourth-order valence-electron chi connectivity index (χ4n) is 3.07. The minimum atomic E-state index is -0.505. The lowest BCUT2D eigenvalue weighted by atomic mass is 10.2. The minimum absolute atomic E-state index is 0.0205. The van der Waals surface area contributed by atoms with E-state index >= 15 is 0 Å². The fraction of sp³-hybridized carbons (Fsp3) is 0.263. The summed E-state index contributed by atoms with van der Waals surface area (Å²) < 4.78 is 19.9. The van der Waals surface area contributed by atoms with Crippen LogP contribution in [-0.2, 0) is 17.8 Å². The van der Waals surface area contributed by atoms with Gasteiger partial charge in [0.1, 0.15) is 23.0 Å². The third-order valence-electron chi connectivity index (χ3n) is 4.30. The lowest BCUT2D eigenvalue weighted by Crippen LogP contribution is -2.23. The number of amides is 2. The molecule has 3 aromatic rings. The Hall–Kier alpha value is -3.07. The molecular formula is C19H19FN4O3S. The molecule has 0 saturated heterocycles. The number of hydrogen-bond donors (Lipinski definition) is 2. The molecule has 0 unspecified atom stereocenters. The Balaban J connectivity index is 2.02. The van der Waals surface area contributed by atoms with Gasteiger partial charge in [-0.05, 0) is 37.0 Å². The number of nitrogens with zero attached hydrogens (tertiary/aromatic N) is 2. The lowest BCUT2D eigenvalue weighted by molar-refractivity contribution is -0.117. The third kappa shape index (κ3) is 3.53. The Kier molecular flexibility index (Phi) is 5.55. The highest BCUT2D eigenvalue weighted by molar-refractivity contribution is 7.13. The van der Waals surface area contributed by atoms with E-state index < -0.39 is 11.7 Å². The second-order valence-electron chi connectivity index (χ2n) is 6.21. The molecule has 28 heavy (non-hydrogen) atoms. The summed E-state index contributed by atoms with van der Waals surface area (Å²) >= 11 is 0.915. The van der Waals surface area contributed by atoms with E-state index in [4.69, 9.17) is 0 Å². The molecule has 2 aromatic heterocycles. The number of fused-ring (bicyclic) bond motifs is 1. The van der Waals surface area contributed by atoms with Gasteiger partial charge in [-0.3, -0.25) is 14.4 Å². The van der Waals surface area contributed by atoms with Gasteiger partial charge in [0.25, 0.3) is 11.8 Å². The molecule has 0 bridgehead atoms. The molecule has 0 aliphatic heterocycles. The smallest absolute Gasteiger partial charge is 0.276 e. The van der Waals surface area contributed by atoms with Crippen LogP contribution in [0.3, 0.4) is 0 Å². The first kappa shape index (κ1) is 19.7. The van der Waals surface area contributed by atoms with Crippen molar-refractivity contribution < 1.29 is 18.8 Å². The number of halogens is 1. The van der Waals surface area contributed by atoms with Crippen molar-refractivity contribution >= 4 is 44.9 Å². The highest BCUT2D eigenvalue weighted by Crippen LogP contribution is 2.28. The Labute approximate surface area is 164 Å². The number of ketones is 1. The second kappa shape index (κ2) is 7.89. The number of benzene rings is 1. The number of carbonyl (C=O) groups is 3. The number of hydrogen-bond acceptors (Lipinski definition) is 5. The van der Waals surface area contributed by atoms with Gasteiger partial charge in [0, 0.05) is 18.1 Å². The number of nitrogens with one attached hydrogen (secondary N) is 2. The highest BCUT2D eigenvalue weighted by Gasteiger charge is 2.23. The van der Waals surface area contributed by atoms with Crippen LogP contribution in [0.25, 0.3) is 10.1 Å². The van der Waals surface area contributed by atoms with E-state index in [1.165, 1.54) is 32.2 Å². The molecule has 0 saturated carbocycles. The Bertz CT molecular complexity index is 1090. The molecule has 2 amide bonds. The van der Waals surface area contributed by atoms with Crippen molar-refractivity contribution in [3.63, 3.8) is 0 Å². The van der Waals surface area contributed by atoms with Crippen molar-refractivity contribution in [2.75, 3.05) is 12.4 Å². The minimum Gasteiger partial charge on any atom is -0.354 e. The van der Waals surface area contributed by atoms with E-state index in [0.717, 1.165) is 11.5 Å². The van der Waals surface area contributed by atoms with E-state index in [0.29, 0.717) is 27.9 Å². The van der Waals surface area contributed by atoms with Gasteiger partial charge in [0.15, 0.2) is 0 Å². The SMILES string of the molecule is CCc1c(NC(=O)c2nsc3c(F)cccc23)cc(C(=O)NC)n1CC(C)=O. The molecule has 146 valence electrons. The molecule has 1 aromatic carbocycles. The van der Waals surface area contributed by atoms with Crippen LogP contribution in [0.4, 0.5) is 10.1 Å². The first-order valence-corrected chi connectivity index (χ1v) is 9.43. The van der Waals surface area contributed by atoms with Gasteiger partial charge < -0.3 is 15.2 Å². The van der Waals surface area contributed by atoms with Gasteiger partial charge in [0.2, 0.25) is 0 Å². The third-order valence-corrected chi connectivity index (χ3v) is 5.17. The van der Waals surface area contributed by atoms with Crippen LogP contribution >= 0.6 is 11.5 Å². The molecule has 0 spiro atoms. The molecule has 0 radical (unpaired) electrons. The molecule has 0 aliphatic rings. The van der Waals surface area contributed by atoms with Gasteiger partial charge in [-0.25, -0.2) is 4.39 Å². The molecule has 2 heterocycles. The summed E-state index contributed by atoms with van der Waals surface area (Å²) in [5, 5.41) is 5.72. The molecule has 0 fully saturated rings. The van der Waals surface area contributed by atoms with E-state index in [9.17, 15) is 18.8 Å². The van der Waals surface area contributed by atoms with E-state index in [1.807, 2.05) is 6.92 Å². The first-order chi connectivity index (χ1) is 13.4. The van der Waals surface area contributed by atoms with E-state index in [1.54, 1.807) is 10.6 Å². The summed E-state index contributed by atoms with van der Waals surface area (Å²) in [7, 11) is 1.49. The maximum Gasteiger partial charge on any atom is 0.276 e. The number of carbonyl (C=O) groups excluding carboxylic acids is 3. The molecule has 7 nitrogen and oxygen atoms in total. The number of Topliss-reactive ketones (excluding diaryl/α,β-unsaturated/α-hetero) is 1. The van der Waals surface area contributed by atoms with Crippen LogP contribution < -0.4 is 10.6 Å². The highest BCUT2D eigenvalue weighted by atomic mass is 32.1. The van der Waals surface area contributed by atoms with Crippen LogP contribution in [0.2, 0.25) is 0 Å². The Morgan fingerprint density at radius 1 is 1.25 bits per heavy atom. The second-order valence-corrected chi connectivity index (χ2v) is 6.99. The van der Waals surface area contributed by atoms with Gasteiger partial charge in [0.05, 0.1) is 16.9 Å². The summed E-state index contributed by atoms with van der Waals surface area (Å²) in [5.41, 5.74) is 1.46. The molecule has 0 aliphatic carbocycles. The zero-order valence-electron chi connectivity index (χ0n) is 15.6. The van der Waals surface area contributed by atoms with Crippen molar-refractivity contribution in [1.82, 2.24) is 14.3 Å². The van der Waals surface area contributed by atoms with Crippen molar-refractivity contribution in [3.05, 3.63) is 47.2 Å². The van der Waals surface area contributed by atoms with E-state index in [2.05, 4.69) is 15.0 Å². The van der Waals surface area contributed by atoms with Crippen molar-refractivity contribution in [2.24, 2.45) is 0 Å². The van der Waals surface area contributed by atoms with Gasteiger partial charge in [-0.2, -0.15) is 4.37 Å². The van der Waals surface area contributed by atoms with Gasteiger partial charge in [-0.15, -0.1) is 0 Å². The quantitative estimate of drug-likeness (QED) is 0.663. The zero-order chi connectivity index (χ0) is 20.4. The number of anilines is 1. The standard InChI is InChI=1S/C19H19FN4O3S/c1-4-14-13(8-15(18(26)21-3)24(14)9-10(2)25)22-19(27)16-11-6-5-7-12(20)17(11)28-23-16/h5-8H,4,9H2,1-3H3,(H,21,26)(H,22,27). The van der Waals surface area contributed by atoms with Crippen LogP contribution in [0, 0.1) is 5.82 Å². The predicted octanol–water partition coefficient (Wildman–Crippen LogP) is 3.00. The average Bonchev–Trinajstić information content (AvgIpc) is 3.23. The van der Waals surface area contributed by atoms with E-state index in [-0.39, 0.29) is 29.6 Å². The summed E-state index contributed by atoms with van der Waals surface area (Å²) in [4.78, 5) is 36.7. The molecular weight excluding hydrogens is 383 g/mol. The van der Waals surface area contributed by atoms with Gasteiger partial charge >= 0.3 is 0 Å². The van der Waals surface area contributed by atoms with Crippen LogP contribution in [0.15, 0.2) is 24.3 Å². The number of rotatable bonds is 6. The predicted molar refractivity (Wildman–Crippen MR) is 105 cm³/mol. The topological polar surface area (TPSA) is 93.1 Å².